The van der Waals surface area contributed by atoms with E-state index in [1.165, 1.54) is 16.4 Å². The van der Waals surface area contributed by atoms with Gasteiger partial charge in [0.15, 0.2) is 15.8 Å². The number of para-hydroxylation sites is 1. The zero-order valence-corrected chi connectivity index (χ0v) is 22.5. The third-order valence-electron chi connectivity index (χ3n) is 6.67. The van der Waals surface area contributed by atoms with Gasteiger partial charge in [0.1, 0.15) is 11.1 Å². The number of nitrogens with zero attached hydrogens (tertiary/aromatic N) is 2. The number of benzene rings is 2. The highest BCUT2D eigenvalue weighted by molar-refractivity contribution is 7.94. The molecule has 3 aromatic rings. The molecule has 2 aliphatic heterocycles. The number of imidazole rings is 1. The number of sulfonamides is 2. The summed E-state index contributed by atoms with van der Waals surface area (Å²) in [5.41, 5.74) is 18.7. The average Bonchev–Trinajstić information content (AvgIpc) is 3.51. The van der Waals surface area contributed by atoms with Crippen LogP contribution in [-0.2, 0) is 29.9 Å². The van der Waals surface area contributed by atoms with Gasteiger partial charge in [-0.1, -0.05) is 18.2 Å². The molecular formula is C20H27N9O6S3. The molecule has 0 radical (unpaired) electrons. The molecule has 0 unspecified atom stereocenters. The van der Waals surface area contributed by atoms with Crippen LogP contribution >= 0.6 is 0 Å². The summed E-state index contributed by atoms with van der Waals surface area (Å²) in [6.45, 7) is 0.00106. The smallest absolute Gasteiger partial charge is 0.239 e. The molecule has 0 bridgehead atoms. The highest BCUT2D eigenvalue weighted by atomic mass is 32.2. The third-order valence-corrected chi connectivity index (χ3v) is 11.4. The minimum atomic E-state index is -4.61. The van der Waals surface area contributed by atoms with Crippen LogP contribution in [0.2, 0.25) is 0 Å². The van der Waals surface area contributed by atoms with E-state index in [1.807, 2.05) is 0 Å². The lowest BCUT2D eigenvalue weighted by molar-refractivity contribution is 0.348. The first kappa shape index (κ1) is 26.9. The van der Waals surface area contributed by atoms with E-state index in [4.69, 9.17) is 10.9 Å². The second-order valence-corrected chi connectivity index (χ2v) is 14.8. The number of hydrazine groups is 3. The predicted octanol–water partition coefficient (Wildman–Crippen LogP) is -1.23. The van der Waals surface area contributed by atoms with Crippen LogP contribution in [0.1, 0.15) is 24.6 Å². The SMILES string of the molecule is CS(=O)(=O)N1CCC(S(=O)(=O)c2ccc(-c3cccc4[nH]c(N)nc34)c(C3NNNN3)c2S(N)(=O)=O)CC1. The number of nitrogen functional groups attached to an aromatic ring is 1. The molecule has 0 aliphatic carbocycles. The number of rotatable bonds is 6. The van der Waals surface area contributed by atoms with E-state index in [9.17, 15) is 25.3 Å². The van der Waals surface area contributed by atoms with Gasteiger partial charge in [0.05, 0.1) is 27.4 Å². The van der Waals surface area contributed by atoms with Crippen LogP contribution in [0, 0.1) is 0 Å². The second-order valence-electron chi connectivity index (χ2n) is 9.10. The van der Waals surface area contributed by atoms with Crippen molar-refractivity contribution in [1.82, 2.24) is 36.2 Å². The van der Waals surface area contributed by atoms with Crippen LogP contribution in [0.4, 0.5) is 5.95 Å². The van der Waals surface area contributed by atoms with Crippen molar-refractivity contribution in [3.8, 4) is 11.1 Å². The number of hydrogen-bond acceptors (Lipinski definition) is 12. The van der Waals surface area contributed by atoms with Crippen LogP contribution in [0.25, 0.3) is 22.2 Å². The number of fused-ring (bicyclic) bond motifs is 1. The maximum absolute atomic E-state index is 13.8. The summed E-state index contributed by atoms with van der Waals surface area (Å²) in [4.78, 5) is 6.21. The zero-order valence-electron chi connectivity index (χ0n) is 20.1. The lowest BCUT2D eigenvalue weighted by Gasteiger charge is -2.30. The van der Waals surface area contributed by atoms with Crippen molar-refractivity contribution in [2.45, 2.75) is 34.0 Å². The molecule has 2 aliphatic rings. The van der Waals surface area contributed by atoms with Crippen molar-refractivity contribution in [2.75, 3.05) is 25.1 Å². The number of aromatic nitrogens is 2. The van der Waals surface area contributed by atoms with Gasteiger partial charge in [0, 0.05) is 24.2 Å². The summed E-state index contributed by atoms with van der Waals surface area (Å²) < 4.78 is 78.9. The van der Waals surface area contributed by atoms with Crippen molar-refractivity contribution in [3.63, 3.8) is 0 Å². The Labute approximate surface area is 219 Å². The molecule has 3 heterocycles. The van der Waals surface area contributed by atoms with E-state index in [0.717, 1.165) is 6.26 Å². The fourth-order valence-electron chi connectivity index (χ4n) is 4.94. The molecule has 0 saturated carbocycles. The van der Waals surface area contributed by atoms with Crippen LogP contribution in [0.15, 0.2) is 40.1 Å². The number of anilines is 1. The molecule has 0 spiro atoms. The van der Waals surface area contributed by atoms with Gasteiger partial charge in [0.25, 0.3) is 0 Å². The Bertz CT molecular complexity index is 1720. The number of H-pyrrole nitrogens is 1. The summed E-state index contributed by atoms with van der Waals surface area (Å²) in [5.74, 6) is 0.153. The Balaban J connectivity index is 1.72. The van der Waals surface area contributed by atoms with Gasteiger partial charge < -0.3 is 10.7 Å². The van der Waals surface area contributed by atoms with Crippen LogP contribution in [-0.4, -0.2) is 64.1 Å². The molecule has 15 nitrogen and oxygen atoms in total. The molecule has 2 aromatic carbocycles. The number of nitrogens with two attached hydrogens (primary N) is 2. The summed E-state index contributed by atoms with van der Waals surface area (Å²) in [6, 6.07) is 7.91. The molecular weight excluding hydrogens is 558 g/mol. The topological polar surface area (TPSA) is 234 Å². The molecule has 2 saturated heterocycles. The summed E-state index contributed by atoms with van der Waals surface area (Å²) in [7, 11) is -12.3. The lowest BCUT2D eigenvalue weighted by atomic mass is 9.96. The first-order valence-corrected chi connectivity index (χ1v) is 16.4. The van der Waals surface area contributed by atoms with E-state index >= 15 is 0 Å². The van der Waals surface area contributed by atoms with Gasteiger partial charge in [-0.3, -0.25) is 0 Å². The highest BCUT2D eigenvalue weighted by Gasteiger charge is 2.39. The van der Waals surface area contributed by atoms with E-state index in [1.54, 1.807) is 18.2 Å². The molecule has 5 rings (SSSR count). The normalized spacial score (nSPS) is 18.9. The Morgan fingerprint density at radius 1 is 0.947 bits per heavy atom. The maximum atomic E-state index is 13.8. The van der Waals surface area contributed by atoms with Gasteiger partial charge in [-0.15, -0.1) is 0 Å². The minimum Gasteiger partial charge on any atom is -0.369 e. The summed E-state index contributed by atoms with van der Waals surface area (Å²) in [6.07, 6.45) is 0.145. The van der Waals surface area contributed by atoms with E-state index in [-0.39, 0.29) is 37.4 Å². The van der Waals surface area contributed by atoms with Crippen molar-refractivity contribution in [3.05, 3.63) is 35.9 Å². The van der Waals surface area contributed by atoms with E-state index in [2.05, 4.69) is 31.9 Å². The predicted molar refractivity (Wildman–Crippen MR) is 139 cm³/mol. The molecule has 38 heavy (non-hydrogen) atoms. The second kappa shape index (κ2) is 9.50. The summed E-state index contributed by atoms with van der Waals surface area (Å²) >= 11 is 0. The quantitative estimate of drug-likeness (QED) is 0.180. The Morgan fingerprint density at radius 3 is 2.21 bits per heavy atom. The minimum absolute atomic E-state index is 0.000529. The summed E-state index contributed by atoms with van der Waals surface area (Å²) in [5, 5.41) is 4.67. The molecule has 9 N–H and O–H groups in total. The number of hydrogen-bond donors (Lipinski definition) is 7. The fourth-order valence-corrected chi connectivity index (χ4v) is 9.21. The van der Waals surface area contributed by atoms with Gasteiger partial charge >= 0.3 is 0 Å². The standard InChI is InChI=1S/C20H27N9O6S3/c1-36(30,31)29-9-7-11(8-10-29)37(32,33)15-6-5-12(13-3-2-4-14-17(13)24-20(21)23-14)16(18(15)38(22,34)35)19-25-27-28-26-19/h2-6,11,19,25-28H,7-10H2,1H3,(H3,21,23,24)(H2,22,34,35). The van der Waals surface area contributed by atoms with Gasteiger partial charge in [-0.05, 0) is 30.5 Å². The maximum Gasteiger partial charge on any atom is 0.239 e. The first-order chi connectivity index (χ1) is 17.8. The lowest BCUT2D eigenvalue weighted by Crippen LogP contribution is -2.42. The van der Waals surface area contributed by atoms with Crippen molar-refractivity contribution >= 4 is 46.9 Å². The Kier molecular flexibility index (Phi) is 6.73. The molecule has 0 amide bonds. The van der Waals surface area contributed by atoms with Crippen LogP contribution in [0.5, 0.6) is 0 Å². The Hall–Kier alpha value is -2.68. The largest absolute Gasteiger partial charge is 0.369 e. The average molecular weight is 586 g/mol. The van der Waals surface area contributed by atoms with Gasteiger partial charge in [-0.2, -0.15) is 11.1 Å². The molecule has 1 aromatic heterocycles. The number of aromatic amines is 1. The van der Waals surface area contributed by atoms with Crippen molar-refractivity contribution < 1.29 is 25.3 Å². The zero-order chi connectivity index (χ0) is 27.5. The van der Waals surface area contributed by atoms with E-state index in [0.29, 0.717) is 22.2 Å². The molecule has 0 atom stereocenters. The Morgan fingerprint density at radius 2 is 1.61 bits per heavy atom. The van der Waals surface area contributed by atoms with Crippen LogP contribution < -0.4 is 32.8 Å². The third kappa shape index (κ3) is 4.78. The van der Waals surface area contributed by atoms with Crippen molar-refractivity contribution in [2.24, 2.45) is 5.14 Å². The number of piperidine rings is 1. The van der Waals surface area contributed by atoms with Gasteiger partial charge in [-0.25, -0.2) is 50.5 Å². The van der Waals surface area contributed by atoms with Crippen molar-refractivity contribution in [1.29, 1.82) is 0 Å². The molecule has 18 heteroatoms. The number of nitrogens with one attached hydrogen (secondary N) is 5. The van der Waals surface area contributed by atoms with E-state index < -0.39 is 51.1 Å². The van der Waals surface area contributed by atoms with Gasteiger partial charge in [0.2, 0.25) is 20.0 Å². The van der Waals surface area contributed by atoms with Crippen LogP contribution in [0.3, 0.4) is 0 Å². The first-order valence-electron chi connectivity index (χ1n) is 11.4. The number of sulfone groups is 1. The number of primary sulfonamides is 1. The molecule has 206 valence electrons. The molecule has 2 fully saturated rings. The fraction of sp³-hybridized carbons (Fsp3) is 0.350. The highest BCUT2D eigenvalue weighted by Crippen LogP contribution is 2.40. The monoisotopic (exact) mass is 585 g/mol.